The fraction of sp³-hybridized carbons (Fsp3) is 0.0833. The van der Waals surface area contributed by atoms with Gasteiger partial charge in [0.15, 0.2) is 11.5 Å². The van der Waals surface area contributed by atoms with Crippen molar-refractivity contribution in [3.63, 3.8) is 0 Å². The number of benzene rings is 1. The molecule has 0 saturated heterocycles. The van der Waals surface area contributed by atoms with E-state index in [1.807, 2.05) is 0 Å². The first kappa shape index (κ1) is 12.9. The molecule has 1 N–H and O–H groups in total. The van der Waals surface area contributed by atoms with Crippen LogP contribution in [0.25, 0.3) is 22.4 Å². The fourth-order valence-electron chi connectivity index (χ4n) is 1.85. The summed E-state index contributed by atoms with van der Waals surface area (Å²) in [5.41, 5.74) is -0.648. The third kappa shape index (κ3) is 2.09. The Morgan fingerprint density at radius 3 is 2.60 bits per heavy atom. The van der Waals surface area contributed by atoms with Crippen LogP contribution < -0.4 is 0 Å². The zero-order chi connectivity index (χ0) is 14.3. The second-order valence-electron chi connectivity index (χ2n) is 4.01. The predicted molar refractivity (Wildman–Crippen MR) is 67.1 cm³/mol. The molecule has 0 atom stereocenters. The number of aromatic nitrogens is 4. The lowest BCUT2D eigenvalue weighted by Gasteiger charge is -2.11. The van der Waals surface area contributed by atoms with E-state index in [-0.39, 0.29) is 22.2 Å². The molecule has 4 nitrogen and oxygen atoms in total. The van der Waals surface area contributed by atoms with Crippen LogP contribution in [0.15, 0.2) is 30.5 Å². The van der Waals surface area contributed by atoms with Gasteiger partial charge in [-0.1, -0.05) is 29.8 Å². The largest absolute Gasteiger partial charge is 0.417 e. The summed E-state index contributed by atoms with van der Waals surface area (Å²) < 4.78 is 38.9. The summed E-state index contributed by atoms with van der Waals surface area (Å²) in [6, 6.07) is 5.07. The van der Waals surface area contributed by atoms with Crippen molar-refractivity contribution in [3.05, 3.63) is 41.2 Å². The van der Waals surface area contributed by atoms with Gasteiger partial charge in [0, 0.05) is 5.56 Å². The molecule has 8 heteroatoms. The highest BCUT2D eigenvalue weighted by atomic mass is 35.5. The van der Waals surface area contributed by atoms with Gasteiger partial charge in [0.25, 0.3) is 0 Å². The fourth-order valence-corrected chi connectivity index (χ4v) is 2.06. The number of aromatic amines is 1. The molecule has 20 heavy (non-hydrogen) atoms. The van der Waals surface area contributed by atoms with Gasteiger partial charge in [0.2, 0.25) is 0 Å². The molecule has 0 saturated carbocycles. The molecule has 0 bridgehead atoms. The lowest BCUT2D eigenvalue weighted by molar-refractivity contribution is -0.137. The van der Waals surface area contributed by atoms with E-state index in [1.165, 1.54) is 24.4 Å². The Morgan fingerprint density at radius 1 is 1.10 bits per heavy atom. The van der Waals surface area contributed by atoms with Crippen molar-refractivity contribution in [2.45, 2.75) is 6.18 Å². The summed E-state index contributed by atoms with van der Waals surface area (Å²) >= 11 is 5.93. The summed E-state index contributed by atoms with van der Waals surface area (Å²) in [6.45, 7) is 0. The van der Waals surface area contributed by atoms with Crippen LogP contribution in [0.5, 0.6) is 0 Å². The normalized spacial score (nSPS) is 12.0. The van der Waals surface area contributed by atoms with E-state index < -0.39 is 11.7 Å². The highest BCUT2D eigenvalue weighted by Gasteiger charge is 2.34. The third-order valence-electron chi connectivity index (χ3n) is 2.74. The van der Waals surface area contributed by atoms with Crippen LogP contribution in [0.1, 0.15) is 5.56 Å². The molecule has 0 aliphatic heterocycles. The monoisotopic (exact) mass is 298 g/mol. The number of fused-ring (bicyclic) bond motifs is 1. The predicted octanol–water partition coefficient (Wildman–Crippen LogP) is 3.69. The van der Waals surface area contributed by atoms with Crippen molar-refractivity contribution in [3.8, 4) is 11.4 Å². The molecule has 3 aromatic rings. The second-order valence-corrected chi connectivity index (χ2v) is 4.37. The smallest absolute Gasteiger partial charge is 0.261 e. The minimum atomic E-state index is -4.49. The summed E-state index contributed by atoms with van der Waals surface area (Å²) in [4.78, 5) is 7.94. The number of nitrogens with zero attached hydrogens (tertiary/aromatic N) is 3. The van der Waals surface area contributed by atoms with Gasteiger partial charge in [-0.15, -0.1) is 0 Å². The van der Waals surface area contributed by atoms with E-state index in [2.05, 4.69) is 20.2 Å². The number of nitrogens with one attached hydrogen (secondary N) is 1. The van der Waals surface area contributed by atoms with Crippen LogP contribution in [0, 0.1) is 0 Å². The van der Waals surface area contributed by atoms with Gasteiger partial charge in [-0.25, -0.2) is 9.97 Å². The quantitative estimate of drug-likeness (QED) is 0.697. The number of hydrogen-bond acceptors (Lipinski definition) is 3. The Hall–Kier alpha value is -2.15. The Balaban J connectivity index is 2.26. The second kappa shape index (κ2) is 4.45. The summed E-state index contributed by atoms with van der Waals surface area (Å²) in [6.07, 6.45) is -3.08. The number of halogens is 4. The van der Waals surface area contributed by atoms with E-state index >= 15 is 0 Å². The third-order valence-corrected chi connectivity index (χ3v) is 3.02. The van der Waals surface area contributed by atoms with Crippen molar-refractivity contribution < 1.29 is 13.2 Å². The number of hydrogen-bond donors (Lipinski definition) is 1. The molecule has 0 amide bonds. The average Bonchev–Trinajstić information content (AvgIpc) is 2.86. The zero-order valence-corrected chi connectivity index (χ0v) is 10.5. The highest BCUT2D eigenvalue weighted by Crippen LogP contribution is 2.36. The molecule has 0 fully saturated rings. The van der Waals surface area contributed by atoms with E-state index in [0.717, 1.165) is 6.07 Å². The van der Waals surface area contributed by atoms with Crippen LogP contribution in [0.4, 0.5) is 13.2 Å². The minimum Gasteiger partial charge on any atom is -0.261 e. The molecule has 3 rings (SSSR count). The number of alkyl halides is 3. The van der Waals surface area contributed by atoms with Crippen molar-refractivity contribution in [1.29, 1.82) is 0 Å². The van der Waals surface area contributed by atoms with Gasteiger partial charge in [-0.05, 0) is 6.07 Å². The van der Waals surface area contributed by atoms with Crippen LogP contribution in [0.3, 0.4) is 0 Å². The lowest BCUT2D eigenvalue weighted by atomic mass is 10.1. The van der Waals surface area contributed by atoms with Crippen LogP contribution >= 0.6 is 11.6 Å². The van der Waals surface area contributed by atoms with E-state index in [0.29, 0.717) is 5.39 Å². The van der Waals surface area contributed by atoms with Gasteiger partial charge in [0.05, 0.1) is 17.1 Å². The van der Waals surface area contributed by atoms with Gasteiger partial charge >= 0.3 is 6.18 Å². The van der Waals surface area contributed by atoms with Crippen LogP contribution in [-0.4, -0.2) is 20.2 Å². The molecule has 0 aliphatic carbocycles. The molecule has 2 heterocycles. The Bertz CT molecular complexity index is 782. The van der Waals surface area contributed by atoms with Gasteiger partial charge < -0.3 is 0 Å². The summed E-state index contributed by atoms with van der Waals surface area (Å²) in [7, 11) is 0. The zero-order valence-electron chi connectivity index (χ0n) is 9.74. The maximum Gasteiger partial charge on any atom is 0.417 e. The average molecular weight is 299 g/mol. The van der Waals surface area contributed by atoms with Gasteiger partial charge in [-0.2, -0.15) is 18.3 Å². The van der Waals surface area contributed by atoms with Crippen molar-refractivity contribution in [2.75, 3.05) is 0 Å². The number of H-pyrrole nitrogens is 1. The summed E-state index contributed by atoms with van der Waals surface area (Å²) in [5.74, 6) is -0.0975. The Morgan fingerprint density at radius 2 is 1.85 bits per heavy atom. The van der Waals surface area contributed by atoms with Crippen molar-refractivity contribution in [2.24, 2.45) is 0 Å². The molecule has 2 aromatic heterocycles. The molecular weight excluding hydrogens is 293 g/mol. The first-order valence-electron chi connectivity index (χ1n) is 5.50. The van der Waals surface area contributed by atoms with E-state index in [9.17, 15) is 13.2 Å². The standard InChI is InChI=1S/C12H6ClF3N4/c13-9-7-5-17-20-11(7)19-10(18-9)6-3-1-2-4-8(6)12(14,15)16/h1-5H,(H,17,18,19,20). The highest BCUT2D eigenvalue weighted by molar-refractivity contribution is 6.34. The number of rotatable bonds is 1. The topological polar surface area (TPSA) is 54.5 Å². The first-order chi connectivity index (χ1) is 9.47. The molecule has 102 valence electrons. The minimum absolute atomic E-state index is 0.0516. The van der Waals surface area contributed by atoms with E-state index in [1.54, 1.807) is 0 Å². The Kier molecular flexibility index (Phi) is 2.86. The molecule has 0 aliphatic rings. The molecule has 1 aromatic carbocycles. The van der Waals surface area contributed by atoms with E-state index in [4.69, 9.17) is 11.6 Å². The van der Waals surface area contributed by atoms with Gasteiger partial charge in [-0.3, -0.25) is 5.10 Å². The molecule has 0 radical (unpaired) electrons. The first-order valence-corrected chi connectivity index (χ1v) is 5.88. The SMILES string of the molecule is FC(F)(F)c1ccccc1-c1nc(Cl)c2cn[nH]c2n1. The summed E-state index contributed by atoms with van der Waals surface area (Å²) in [5, 5.41) is 6.81. The molecule has 0 unspecified atom stereocenters. The van der Waals surface area contributed by atoms with Crippen molar-refractivity contribution in [1.82, 2.24) is 20.2 Å². The van der Waals surface area contributed by atoms with Crippen molar-refractivity contribution >= 4 is 22.6 Å². The Labute approximate surface area is 115 Å². The lowest BCUT2D eigenvalue weighted by Crippen LogP contribution is -2.08. The maximum absolute atomic E-state index is 13.0. The van der Waals surface area contributed by atoms with Crippen LogP contribution in [0.2, 0.25) is 5.15 Å². The molecular formula is C12H6ClF3N4. The maximum atomic E-state index is 13.0. The van der Waals surface area contributed by atoms with Gasteiger partial charge in [0.1, 0.15) is 5.15 Å². The molecule has 0 spiro atoms. The van der Waals surface area contributed by atoms with Crippen LogP contribution in [-0.2, 0) is 6.18 Å².